The summed E-state index contributed by atoms with van der Waals surface area (Å²) in [5.41, 5.74) is 10.6. The van der Waals surface area contributed by atoms with Crippen molar-refractivity contribution in [3.05, 3.63) is 0 Å². The summed E-state index contributed by atoms with van der Waals surface area (Å²) in [6.07, 6.45) is 2.98. The summed E-state index contributed by atoms with van der Waals surface area (Å²) in [6, 6.07) is 0. The largest absolute Gasteiger partial charge is 0.370 e. The predicted molar refractivity (Wildman–Crippen MR) is 45.9 cm³/mol. The number of carbonyl (C=O) groups excluding carboxylic acids is 1. The molecule has 4 N–H and O–H groups in total. The molecule has 0 radical (unpaired) electrons. The summed E-state index contributed by atoms with van der Waals surface area (Å²) in [5.74, 6) is -0.303. The fraction of sp³-hybridized carbons (Fsp3) is 0.875. The van der Waals surface area contributed by atoms with Gasteiger partial charge in [-0.25, -0.2) is 0 Å². The van der Waals surface area contributed by atoms with E-state index < -0.39 is 0 Å². The van der Waals surface area contributed by atoms with Crippen LogP contribution in [0.25, 0.3) is 0 Å². The third kappa shape index (κ3) is 3.98. The van der Waals surface area contributed by atoms with E-state index in [1.54, 1.807) is 0 Å². The number of amides is 1. The molecule has 0 aromatic heterocycles. The summed E-state index contributed by atoms with van der Waals surface area (Å²) >= 11 is 0. The van der Waals surface area contributed by atoms with Crippen LogP contribution in [-0.4, -0.2) is 11.4 Å². The van der Waals surface area contributed by atoms with E-state index >= 15 is 0 Å². The lowest BCUT2D eigenvalue weighted by Crippen LogP contribution is -2.42. The highest BCUT2D eigenvalue weighted by atomic mass is 16.1. The molecule has 66 valence electrons. The van der Waals surface area contributed by atoms with E-state index in [1.807, 2.05) is 6.92 Å². The molecule has 1 unspecified atom stereocenters. The smallest absolute Gasteiger partial charge is 0.219 e. The predicted octanol–water partition coefficient (Wildman–Crippen LogP) is 0.769. The van der Waals surface area contributed by atoms with Crippen molar-refractivity contribution in [2.45, 2.75) is 45.1 Å². The zero-order valence-corrected chi connectivity index (χ0v) is 7.39. The summed E-state index contributed by atoms with van der Waals surface area (Å²) in [5, 5.41) is 0. The molecule has 0 aliphatic carbocycles. The van der Waals surface area contributed by atoms with Crippen LogP contribution in [0.1, 0.15) is 39.5 Å². The Labute approximate surface area is 68.1 Å². The lowest BCUT2D eigenvalue weighted by atomic mass is 9.88. The third-order valence-electron chi connectivity index (χ3n) is 1.98. The van der Waals surface area contributed by atoms with Crippen molar-refractivity contribution >= 4 is 5.91 Å². The monoisotopic (exact) mass is 158 g/mol. The van der Waals surface area contributed by atoms with Crippen LogP contribution in [0.4, 0.5) is 0 Å². The minimum absolute atomic E-state index is 0.303. The summed E-state index contributed by atoms with van der Waals surface area (Å²) in [7, 11) is 0. The van der Waals surface area contributed by atoms with Crippen LogP contribution in [0.3, 0.4) is 0 Å². The van der Waals surface area contributed by atoms with E-state index in [4.69, 9.17) is 11.5 Å². The van der Waals surface area contributed by atoms with Crippen LogP contribution >= 0.6 is 0 Å². The molecule has 0 heterocycles. The van der Waals surface area contributed by atoms with Gasteiger partial charge in [0.15, 0.2) is 0 Å². The Hall–Kier alpha value is -0.570. The van der Waals surface area contributed by atoms with Gasteiger partial charge in [-0.15, -0.1) is 0 Å². The molecular formula is C8H18N2O. The molecule has 3 heteroatoms. The Kier molecular flexibility index (Phi) is 4.11. The van der Waals surface area contributed by atoms with Crippen LogP contribution in [0, 0.1) is 0 Å². The molecule has 0 saturated heterocycles. The molecule has 0 saturated carbocycles. The Morgan fingerprint density at radius 3 is 2.27 bits per heavy atom. The van der Waals surface area contributed by atoms with Gasteiger partial charge in [-0.2, -0.15) is 0 Å². The van der Waals surface area contributed by atoms with Gasteiger partial charge >= 0.3 is 0 Å². The van der Waals surface area contributed by atoms with Gasteiger partial charge in [-0.05, 0) is 12.8 Å². The molecule has 11 heavy (non-hydrogen) atoms. The van der Waals surface area contributed by atoms with E-state index in [0.717, 1.165) is 19.3 Å². The minimum atomic E-state index is -0.361. The second kappa shape index (κ2) is 4.34. The SMILES string of the molecule is CCCC(N)(CC)CC(N)=O. The number of primary amides is 1. The number of rotatable bonds is 5. The molecule has 0 rings (SSSR count). The Morgan fingerprint density at radius 1 is 1.45 bits per heavy atom. The molecule has 0 aromatic carbocycles. The quantitative estimate of drug-likeness (QED) is 0.620. The Bertz CT molecular complexity index is 136. The van der Waals surface area contributed by atoms with Crippen molar-refractivity contribution in [1.29, 1.82) is 0 Å². The van der Waals surface area contributed by atoms with Crippen LogP contribution in [0.2, 0.25) is 0 Å². The van der Waals surface area contributed by atoms with Gasteiger partial charge in [0.05, 0.1) is 0 Å². The normalized spacial score (nSPS) is 15.9. The van der Waals surface area contributed by atoms with Gasteiger partial charge in [0, 0.05) is 12.0 Å². The van der Waals surface area contributed by atoms with Crippen molar-refractivity contribution in [2.75, 3.05) is 0 Å². The summed E-state index contributed by atoms with van der Waals surface area (Å²) in [4.78, 5) is 10.6. The second-order valence-electron chi connectivity index (χ2n) is 3.11. The van der Waals surface area contributed by atoms with Crippen molar-refractivity contribution in [1.82, 2.24) is 0 Å². The first-order valence-corrected chi connectivity index (χ1v) is 4.11. The van der Waals surface area contributed by atoms with Gasteiger partial charge in [-0.1, -0.05) is 20.3 Å². The van der Waals surface area contributed by atoms with Crippen molar-refractivity contribution in [3.63, 3.8) is 0 Å². The lowest BCUT2D eigenvalue weighted by Gasteiger charge is -2.25. The number of hydrogen-bond acceptors (Lipinski definition) is 2. The fourth-order valence-corrected chi connectivity index (χ4v) is 1.24. The van der Waals surface area contributed by atoms with E-state index in [9.17, 15) is 4.79 Å². The lowest BCUT2D eigenvalue weighted by molar-refractivity contribution is -0.119. The molecule has 0 aliphatic heterocycles. The first-order chi connectivity index (χ1) is 5.04. The molecule has 1 amide bonds. The summed E-state index contributed by atoms with van der Waals surface area (Å²) in [6.45, 7) is 4.04. The summed E-state index contributed by atoms with van der Waals surface area (Å²) < 4.78 is 0. The maximum atomic E-state index is 10.6. The Balaban J connectivity index is 3.98. The molecular weight excluding hydrogens is 140 g/mol. The fourth-order valence-electron chi connectivity index (χ4n) is 1.24. The molecule has 3 nitrogen and oxygen atoms in total. The highest BCUT2D eigenvalue weighted by Crippen LogP contribution is 2.17. The average Bonchev–Trinajstić information content (AvgIpc) is 1.87. The minimum Gasteiger partial charge on any atom is -0.370 e. The van der Waals surface area contributed by atoms with E-state index in [0.29, 0.717) is 6.42 Å². The molecule has 0 aromatic rings. The van der Waals surface area contributed by atoms with Crippen molar-refractivity contribution < 1.29 is 4.79 Å². The maximum absolute atomic E-state index is 10.6. The number of carbonyl (C=O) groups is 1. The van der Waals surface area contributed by atoms with E-state index in [1.165, 1.54) is 0 Å². The van der Waals surface area contributed by atoms with E-state index in [-0.39, 0.29) is 11.4 Å². The Morgan fingerprint density at radius 2 is 2.00 bits per heavy atom. The maximum Gasteiger partial charge on any atom is 0.219 e. The molecule has 0 bridgehead atoms. The highest BCUT2D eigenvalue weighted by Gasteiger charge is 2.23. The first kappa shape index (κ1) is 10.4. The molecule has 1 atom stereocenters. The highest BCUT2D eigenvalue weighted by molar-refractivity contribution is 5.75. The number of nitrogens with two attached hydrogens (primary N) is 2. The van der Waals surface area contributed by atoms with Gasteiger partial charge in [0.25, 0.3) is 0 Å². The van der Waals surface area contributed by atoms with Gasteiger partial charge < -0.3 is 11.5 Å². The topological polar surface area (TPSA) is 69.1 Å². The van der Waals surface area contributed by atoms with E-state index in [2.05, 4.69) is 6.92 Å². The van der Waals surface area contributed by atoms with Crippen LogP contribution in [0.15, 0.2) is 0 Å². The van der Waals surface area contributed by atoms with Crippen LogP contribution in [-0.2, 0) is 4.79 Å². The molecule has 0 spiro atoms. The van der Waals surface area contributed by atoms with Gasteiger partial charge in [0.1, 0.15) is 0 Å². The number of hydrogen-bond donors (Lipinski definition) is 2. The van der Waals surface area contributed by atoms with Gasteiger partial charge in [-0.3, -0.25) is 4.79 Å². The molecule has 0 aliphatic rings. The van der Waals surface area contributed by atoms with Crippen molar-refractivity contribution in [3.8, 4) is 0 Å². The first-order valence-electron chi connectivity index (χ1n) is 4.11. The zero-order chi connectivity index (χ0) is 8.91. The molecule has 0 fully saturated rings. The standard InChI is InChI=1S/C8H18N2O/c1-3-5-8(10,4-2)6-7(9)11/h3-6,10H2,1-2H3,(H2,9,11). The second-order valence-corrected chi connectivity index (χ2v) is 3.11. The average molecular weight is 158 g/mol. The van der Waals surface area contributed by atoms with Crippen LogP contribution in [0.5, 0.6) is 0 Å². The van der Waals surface area contributed by atoms with Crippen LogP contribution < -0.4 is 11.5 Å². The van der Waals surface area contributed by atoms with Crippen molar-refractivity contribution in [2.24, 2.45) is 11.5 Å². The van der Waals surface area contributed by atoms with Gasteiger partial charge in [0.2, 0.25) is 5.91 Å². The zero-order valence-electron chi connectivity index (χ0n) is 7.39. The third-order valence-corrected chi connectivity index (χ3v) is 1.98.